The molecule has 0 spiro atoms. The number of aliphatic hydroxyl groups excluding tert-OH is 1. The number of aryl methyl sites for hydroxylation is 1. The summed E-state index contributed by atoms with van der Waals surface area (Å²) >= 11 is 0. The number of allylic oxidation sites excluding steroid dienone is 2. The highest BCUT2D eigenvalue weighted by Gasteiger charge is 2.15. The van der Waals surface area contributed by atoms with Crippen LogP contribution in [0.25, 0.3) is 0 Å². The van der Waals surface area contributed by atoms with Crippen LogP contribution in [-0.2, 0) is 13.5 Å². The van der Waals surface area contributed by atoms with E-state index in [0.29, 0.717) is 11.4 Å². The second-order valence-corrected chi connectivity index (χ2v) is 5.89. The number of benzene rings is 1. The quantitative estimate of drug-likeness (QED) is 0.645. The molecule has 9 heteroatoms. The van der Waals surface area contributed by atoms with Crippen molar-refractivity contribution in [3.05, 3.63) is 58.8 Å². The topological polar surface area (TPSA) is 97.7 Å². The fraction of sp³-hybridized carbons (Fsp3) is 0.278. The van der Waals surface area contributed by atoms with E-state index < -0.39 is 24.1 Å². The second kappa shape index (κ2) is 8.51. The van der Waals surface area contributed by atoms with Crippen molar-refractivity contribution in [1.82, 2.24) is 9.78 Å². The van der Waals surface area contributed by atoms with Crippen LogP contribution in [0.1, 0.15) is 30.0 Å². The molecule has 0 saturated heterocycles. The number of anilines is 1. The third-order valence-electron chi connectivity index (χ3n) is 3.79. The molecule has 0 aliphatic rings. The molecule has 0 unspecified atom stereocenters. The van der Waals surface area contributed by atoms with Gasteiger partial charge in [-0.3, -0.25) is 10.1 Å². The Labute approximate surface area is 154 Å². The molecule has 1 heterocycles. The Bertz CT molecular complexity index is 912. The van der Waals surface area contributed by atoms with Crippen LogP contribution < -0.4 is 5.32 Å². The molecule has 1 atom stereocenters. The Hall–Kier alpha value is -3.12. The molecular formula is C18H18F3N5O. The van der Waals surface area contributed by atoms with Gasteiger partial charge in [0, 0.05) is 36.1 Å². The molecule has 3 N–H and O–H groups in total. The first-order valence-electron chi connectivity index (χ1n) is 7.96. The largest absolute Gasteiger partial charge is 0.389 e. The Morgan fingerprint density at radius 3 is 2.70 bits per heavy atom. The predicted octanol–water partition coefficient (Wildman–Crippen LogP) is 3.31. The average molecular weight is 377 g/mol. The minimum absolute atomic E-state index is 0.0664. The molecule has 27 heavy (non-hydrogen) atoms. The molecule has 0 radical (unpaired) electrons. The number of rotatable bonds is 7. The molecule has 2 rings (SSSR count). The zero-order valence-electron chi connectivity index (χ0n) is 14.7. The molecule has 0 saturated carbocycles. The Kier molecular flexibility index (Phi) is 6.36. The maximum absolute atomic E-state index is 13.5. The molecule has 0 bridgehead atoms. The van der Waals surface area contributed by atoms with Crippen molar-refractivity contribution in [3.63, 3.8) is 0 Å². The number of aromatic nitrogens is 2. The number of nitrogens with one attached hydrogen (secondary N) is 2. The number of halogens is 3. The molecular weight excluding hydrogens is 359 g/mol. The van der Waals surface area contributed by atoms with E-state index >= 15 is 0 Å². The smallest absolute Gasteiger partial charge is 0.279 e. The molecule has 1 aromatic carbocycles. The summed E-state index contributed by atoms with van der Waals surface area (Å²) in [5.74, 6) is -0.549. The van der Waals surface area contributed by atoms with E-state index in [1.807, 2.05) is 6.07 Å². The maximum Gasteiger partial charge on any atom is 0.279 e. The van der Waals surface area contributed by atoms with Crippen molar-refractivity contribution in [2.45, 2.75) is 25.9 Å². The first-order chi connectivity index (χ1) is 12.7. The van der Waals surface area contributed by atoms with Gasteiger partial charge in [0.1, 0.15) is 11.9 Å². The Morgan fingerprint density at radius 2 is 2.15 bits per heavy atom. The Morgan fingerprint density at radius 1 is 1.44 bits per heavy atom. The molecule has 0 fully saturated rings. The van der Waals surface area contributed by atoms with Gasteiger partial charge in [-0.05, 0) is 37.3 Å². The van der Waals surface area contributed by atoms with Crippen molar-refractivity contribution in [2.75, 3.05) is 5.32 Å². The fourth-order valence-corrected chi connectivity index (χ4v) is 2.47. The van der Waals surface area contributed by atoms with Crippen LogP contribution in [0.15, 0.2) is 36.0 Å². The summed E-state index contributed by atoms with van der Waals surface area (Å²) in [7, 11) is 1.60. The van der Waals surface area contributed by atoms with Crippen LogP contribution in [-0.4, -0.2) is 27.0 Å². The van der Waals surface area contributed by atoms with Gasteiger partial charge in [-0.25, -0.2) is 13.2 Å². The van der Waals surface area contributed by atoms with Crippen LogP contribution in [0.4, 0.5) is 18.9 Å². The summed E-state index contributed by atoms with van der Waals surface area (Å²) in [6, 6.07) is 7.08. The minimum atomic E-state index is -2.97. The van der Waals surface area contributed by atoms with Gasteiger partial charge < -0.3 is 10.4 Å². The highest BCUT2D eigenvalue weighted by atomic mass is 19.3. The lowest BCUT2D eigenvalue weighted by Crippen LogP contribution is -2.13. The van der Waals surface area contributed by atoms with Gasteiger partial charge in [0.2, 0.25) is 0 Å². The van der Waals surface area contributed by atoms with Crippen molar-refractivity contribution >= 4 is 11.4 Å². The minimum Gasteiger partial charge on any atom is -0.389 e. The highest BCUT2D eigenvalue weighted by molar-refractivity contribution is 5.95. The van der Waals surface area contributed by atoms with Crippen LogP contribution in [0.5, 0.6) is 0 Å². The molecule has 142 valence electrons. The van der Waals surface area contributed by atoms with Crippen molar-refractivity contribution < 1.29 is 18.3 Å². The van der Waals surface area contributed by atoms with Crippen molar-refractivity contribution in [1.29, 1.82) is 10.7 Å². The lowest BCUT2D eigenvalue weighted by molar-refractivity contribution is 0.199. The maximum atomic E-state index is 13.5. The first-order valence-corrected chi connectivity index (χ1v) is 7.96. The number of aliphatic hydroxyl groups is 1. The normalized spacial score (nSPS) is 12.7. The van der Waals surface area contributed by atoms with Crippen molar-refractivity contribution in [2.24, 2.45) is 7.05 Å². The lowest BCUT2D eigenvalue weighted by Gasteiger charge is -2.17. The summed E-state index contributed by atoms with van der Waals surface area (Å²) in [5.41, 5.74) is 0.590. The zero-order chi connectivity index (χ0) is 20.1. The summed E-state index contributed by atoms with van der Waals surface area (Å²) < 4.78 is 40.5. The van der Waals surface area contributed by atoms with Crippen molar-refractivity contribution in [3.8, 4) is 6.07 Å². The molecule has 1 aromatic heterocycles. The SMILES string of the molecule is C[C@@H](O)c1cc(F)ccc1N/C(=C\C(=N)C(F)F)Cc1cc(C#N)nn1C. The predicted molar refractivity (Wildman–Crippen MR) is 94.1 cm³/mol. The van der Waals surface area contributed by atoms with Gasteiger partial charge in [0.25, 0.3) is 6.43 Å². The number of alkyl halides is 2. The number of hydrogen-bond donors (Lipinski definition) is 3. The lowest BCUT2D eigenvalue weighted by atomic mass is 10.1. The summed E-state index contributed by atoms with van der Waals surface area (Å²) in [5, 5.41) is 33.0. The molecule has 0 aliphatic carbocycles. The van der Waals surface area contributed by atoms with Crippen LogP contribution in [0.3, 0.4) is 0 Å². The number of nitrogens with zero attached hydrogens (tertiary/aromatic N) is 3. The average Bonchev–Trinajstić information content (AvgIpc) is 2.95. The number of hydrogen-bond acceptors (Lipinski definition) is 5. The van der Waals surface area contributed by atoms with Gasteiger partial charge in [0.15, 0.2) is 5.69 Å². The summed E-state index contributed by atoms with van der Waals surface area (Å²) in [4.78, 5) is 0. The molecule has 6 nitrogen and oxygen atoms in total. The molecule has 2 aromatic rings. The third kappa shape index (κ3) is 5.18. The summed E-state index contributed by atoms with van der Waals surface area (Å²) in [6.07, 6.45) is -2.93. The van der Waals surface area contributed by atoms with Gasteiger partial charge in [-0.15, -0.1) is 0 Å². The Balaban J connectivity index is 2.41. The van der Waals surface area contributed by atoms with Gasteiger partial charge >= 0.3 is 0 Å². The number of nitriles is 1. The zero-order valence-corrected chi connectivity index (χ0v) is 14.7. The van der Waals surface area contributed by atoms with E-state index in [1.165, 1.54) is 29.8 Å². The van der Waals surface area contributed by atoms with E-state index in [9.17, 15) is 18.3 Å². The van der Waals surface area contributed by atoms with E-state index in [0.717, 1.165) is 12.1 Å². The van der Waals surface area contributed by atoms with Crippen LogP contribution >= 0.6 is 0 Å². The van der Waals surface area contributed by atoms with E-state index in [-0.39, 0.29) is 23.4 Å². The monoisotopic (exact) mass is 377 g/mol. The molecule has 0 amide bonds. The van der Waals surface area contributed by atoms with Gasteiger partial charge in [0.05, 0.1) is 11.8 Å². The van der Waals surface area contributed by atoms with E-state index in [4.69, 9.17) is 10.7 Å². The third-order valence-corrected chi connectivity index (χ3v) is 3.79. The second-order valence-electron chi connectivity index (χ2n) is 5.89. The fourth-order valence-electron chi connectivity index (χ4n) is 2.47. The van der Waals surface area contributed by atoms with E-state index in [2.05, 4.69) is 10.4 Å². The highest BCUT2D eigenvalue weighted by Crippen LogP contribution is 2.26. The summed E-state index contributed by atoms with van der Waals surface area (Å²) in [6.45, 7) is 1.45. The van der Waals surface area contributed by atoms with Crippen LogP contribution in [0.2, 0.25) is 0 Å². The first kappa shape index (κ1) is 20.2. The molecule has 0 aliphatic heterocycles. The van der Waals surface area contributed by atoms with Crippen LogP contribution in [0, 0.1) is 22.6 Å². The van der Waals surface area contributed by atoms with Gasteiger partial charge in [-0.1, -0.05) is 0 Å². The van der Waals surface area contributed by atoms with Gasteiger partial charge in [-0.2, -0.15) is 10.4 Å². The standard InChI is InChI=1S/C18H18F3N5O/c1-10(27)15-5-11(19)3-4-17(15)24-12(8-16(23)18(20)21)6-14-7-13(9-22)25-26(14)2/h3-5,7-8,10,18,23-24,27H,6H2,1-2H3/b12-8-,23-16?/t10-/m1/s1. The van der Waals surface area contributed by atoms with E-state index in [1.54, 1.807) is 7.05 Å².